The van der Waals surface area contributed by atoms with E-state index in [9.17, 15) is 4.79 Å². The Morgan fingerprint density at radius 2 is 1.86 bits per heavy atom. The highest BCUT2D eigenvalue weighted by Crippen LogP contribution is 2.39. The Balaban J connectivity index is 1.24. The summed E-state index contributed by atoms with van der Waals surface area (Å²) in [5.41, 5.74) is 9.20. The number of pyridine rings is 1. The van der Waals surface area contributed by atoms with Gasteiger partial charge in [-0.15, -0.1) is 11.3 Å². The number of rotatable bonds is 9. The van der Waals surface area contributed by atoms with Crippen LogP contribution in [-0.2, 0) is 9.53 Å². The molecular formula is C29H30N4O3S. The highest BCUT2D eigenvalue weighted by atomic mass is 32.1. The predicted octanol–water partition coefficient (Wildman–Crippen LogP) is 5.19. The summed E-state index contributed by atoms with van der Waals surface area (Å²) in [4.78, 5) is 19.1. The van der Waals surface area contributed by atoms with Crippen molar-refractivity contribution < 1.29 is 14.3 Å². The van der Waals surface area contributed by atoms with E-state index in [1.54, 1.807) is 23.6 Å². The molecule has 0 radical (unpaired) electrons. The van der Waals surface area contributed by atoms with Gasteiger partial charge in [-0.25, -0.2) is 4.98 Å². The summed E-state index contributed by atoms with van der Waals surface area (Å²) >= 11 is 1.60. The number of hydrogen-bond acceptors (Lipinski definition) is 7. The van der Waals surface area contributed by atoms with Crippen LogP contribution in [0.1, 0.15) is 12.0 Å². The molecule has 3 N–H and O–H groups in total. The van der Waals surface area contributed by atoms with Gasteiger partial charge in [-0.3, -0.25) is 9.69 Å². The number of fused-ring (bicyclic) bond motifs is 1. The molecule has 0 spiro atoms. The Labute approximate surface area is 220 Å². The molecule has 0 saturated carbocycles. The van der Waals surface area contributed by atoms with Crippen LogP contribution < -0.4 is 15.8 Å². The van der Waals surface area contributed by atoms with Crippen molar-refractivity contribution in [1.82, 2.24) is 15.2 Å². The third kappa shape index (κ3) is 6.35. The van der Waals surface area contributed by atoms with E-state index in [4.69, 9.17) is 15.2 Å². The minimum atomic E-state index is -0.113. The second kappa shape index (κ2) is 12.0. The summed E-state index contributed by atoms with van der Waals surface area (Å²) in [6.45, 7) is 5.11. The molecule has 190 valence electrons. The van der Waals surface area contributed by atoms with Gasteiger partial charge < -0.3 is 20.5 Å². The molecule has 0 bridgehead atoms. The Bertz CT molecular complexity index is 1360. The van der Waals surface area contributed by atoms with Crippen LogP contribution in [0, 0.1) is 0 Å². The molecule has 2 aromatic heterocycles. The fourth-order valence-electron chi connectivity index (χ4n) is 4.31. The quantitative estimate of drug-likeness (QED) is 0.236. The summed E-state index contributed by atoms with van der Waals surface area (Å²) in [6.07, 6.45) is 6.01. The van der Waals surface area contributed by atoms with Crippen molar-refractivity contribution >= 4 is 39.2 Å². The van der Waals surface area contributed by atoms with Crippen molar-refractivity contribution in [1.29, 1.82) is 0 Å². The van der Waals surface area contributed by atoms with Crippen molar-refractivity contribution in [3.63, 3.8) is 0 Å². The summed E-state index contributed by atoms with van der Waals surface area (Å²) in [5, 5.41) is 5.95. The number of ether oxygens (including phenoxy) is 2. The topological polar surface area (TPSA) is 89.7 Å². The minimum Gasteiger partial charge on any atom is -0.457 e. The van der Waals surface area contributed by atoms with Crippen molar-refractivity contribution in [2.24, 2.45) is 0 Å². The van der Waals surface area contributed by atoms with E-state index in [1.807, 2.05) is 60.7 Å². The van der Waals surface area contributed by atoms with Crippen LogP contribution >= 0.6 is 11.3 Å². The number of nitrogens with zero attached hydrogens (tertiary/aromatic N) is 2. The molecule has 7 nitrogen and oxygen atoms in total. The number of thiophene rings is 1. The average Bonchev–Trinajstić information content (AvgIpc) is 3.39. The smallest absolute Gasteiger partial charge is 0.244 e. The highest BCUT2D eigenvalue weighted by molar-refractivity contribution is 7.18. The second-order valence-electron chi connectivity index (χ2n) is 8.82. The molecule has 0 aliphatic carbocycles. The van der Waals surface area contributed by atoms with E-state index in [0.717, 1.165) is 77.5 Å². The molecule has 1 fully saturated rings. The molecule has 3 heterocycles. The van der Waals surface area contributed by atoms with E-state index in [1.165, 1.54) is 0 Å². The van der Waals surface area contributed by atoms with Gasteiger partial charge in [0.05, 0.1) is 13.2 Å². The van der Waals surface area contributed by atoms with Crippen LogP contribution in [-0.4, -0.2) is 55.2 Å². The molecule has 2 aromatic carbocycles. The largest absolute Gasteiger partial charge is 0.457 e. The number of nitrogens with two attached hydrogens (primary N) is 1. The van der Waals surface area contributed by atoms with Gasteiger partial charge in [-0.05, 0) is 54.3 Å². The standard InChI is InChI=1S/C29H30N4O3S/c30-29-27-25(21-7-10-24(11-8-21)36-23-5-2-1-3-6-23)20-37-28(27)22(19-32-29)9-12-26(34)31-13-4-14-33-15-17-35-18-16-33/h1-3,5-12,19-20H,4,13-18H2,(H2,30,32)(H,31,34). The third-order valence-electron chi connectivity index (χ3n) is 6.26. The van der Waals surface area contributed by atoms with Gasteiger partial charge in [0.25, 0.3) is 0 Å². The van der Waals surface area contributed by atoms with E-state index in [2.05, 4.69) is 20.6 Å². The van der Waals surface area contributed by atoms with Gasteiger partial charge in [0, 0.05) is 53.1 Å². The van der Waals surface area contributed by atoms with Gasteiger partial charge in [-0.1, -0.05) is 30.3 Å². The maximum Gasteiger partial charge on any atom is 0.244 e. The second-order valence-corrected chi connectivity index (χ2v) is 9.70. The van der Waals surface area contributed by atoms with E-state index >= 15 is 0 Å². The predicted molar refractivity (Wildman–Crippen MR) is 150 cm³/mol. The normalized spacial score (nSPS) is 14.3. The fraction of sp³-hybridized carbons (Fsp3) is 0.241. The zero-order valence-corrected chi connectivity index (χ0v) is 21.4. The molecular weight excluding hydrogens is 484 g/mol. The first-order chi connectivity index (χ1) is 18.2. The van der Waals surface area contributed by atoms with Gasteiger partial charge in [0.15, 0.2) is 0 Å². The lowest BCUT2D eigenvalue weighted by molar-refractivity contribution is -0.116. The zero-order chi connectivity index (χ0) is 25.5. The molecule has 0 atom stereocenters. The van der Waals surface area contributed by atoms with E-state index in [-0.39, 0.29) is 5.91 Å². The highest BCUT2D eigenvalue weighted by Gasteiger charge is 2.14. The Morgan fingerprint density at radius 1 is 1.11 bits per heavy atom. The number of nitrogen functional groups attached to an aromatic ring is 1. The molecule has 1 aliphatic heterocycles. The first-order valence-corrected chi connectivity index (χ1v) is 13.3. The van der Waals surface area contributed by atoms with E-state index in [0.29, 0.717) is 12.4 Å². The number of benzene rings is 2. The van der Waals surface area contributed by atoms with Crippen LogP contribution in [0.5, 0.6) is 11.5 Å². The number of hydrogen-bond donors (Lipinski definition) is 2. The minimum absolute atomic E-state index is 0.113. The summed E-state index contributed by atoms with van der Waals surface area (Å²) in [7, 11) is 0. The number of aromatic nitrogens is 1. The fourth-order valence-corrected chi connectivity index (χ4v) is 5.39. The molecule has 5 rings (SSSR count). The number of carbonyl (C=O) groups excluding carboxylic acids is 1. The van der Waals surface area contributed by atoms with Crippen molar-refractivity contribution in [2.75, 3.05) is 45.1 Å². The zero-order valence-electron chi connectivity index (χ0n) is 20.6. The molecule has 1 saturated heterocycles. The van der Waals surface area contributed by atoms with Crippen LogP contribution in [0.15, 0.2) is 72.3 Å². The number of morpholine rings is 1. The van der Waals surface area contributed by atoms with Gasteiger partial charge in [0.1, 0.15) is 17.3 Å². The Morgan fingerprint density at radius 3 is 2.65 bits per heavy atom. The number of para-hydroxylation sites is 1. The maximum absolute atomic E-state index is 12.4. The van der Waals surface area contributed by atoms with Crippen LogP contribution in [0.3, 0.4) is 0 Å². The summed E-state index contributed by atoms with van der Waals surface area (Å²) < 4.78 is 12.3. The first-order valence-electron chi connectivity index (χ1n) is 12.4. The first kappa shape index (κ1) is 25.0. The van der Waals surface area contributed by atoms with Gasteiger partial charge in [-0.2, -0.15) is 0 Å². The molecule has 0 unspecified atom stereocenters. The number of nitrogens with one attached hydrogen (secondary N) is 1. The lowest BCUT2D eigenvalue weighted by atomic mass is 10.0. The van der Waals surface area contributed by atoms with Crippen LogP contribution in [0.25, 0.3) is 27.3 Å². The third-order valence-corrected chi connectivity index (χ3v) is 7.29. The molecule has 4 aromatic rings. The Kier molecular flexibility index (Phi) is 8.10. The monoisotopic (exact) mass is 514 g/mol. The van der Waals surface area contributed by atoms with Crippen LogP contribution in [0.4, 0.5) is 5.82 Å². The SMILES string of the molecule is Nc1ncc(C=CC(=O)NCCCN2CCOCC2)c2scc(-c3ccc(Oc4ccccc4)cc3)c12. The molecule has 8 heteroatoms. The average molecular weight is 515 g/mol. The molecule has 1 amide bonds. The number of carbonyl (C=O) groups is 1. The van der Waals surface area contributed by atoms with Gasteiger partial charge in [0.2, 0.25) is 5.91 Å². The Hall–Kier alpha value is -3.72. The van der Waals surface area contributed by atoms with Crippen LogP contribution in [0.2, 0.25) is 0 Å². The van der Waals surface area contributed by atoms with Crippen molar-refractivity contribution in [3.05, 3.63) is 77.8 Å². The van der Waals surface area contributed by atoms with E-state index < -0.39 is 0 Å². The summed E-state index contributed by atoms with van der Waals surface area (Å²) in [5.74, 6) is 1.92. The summed E-state index contributed by atoms with van der Waals surface area (Å²) in [6, 6.07) is 17.6. The lowest BCUT2D eigenvalue weighted by Crippen LogP contribution is -2.38. The molecule has 1 aliphatic rings. The van der Waals surface area contributed by atoms with Crippen molar-refractivity contribution in [2.45, 2.75) is 6.42 Å². The van der Waals surface area contributed by atoms with Gasteiger partial charge >= 0.3 is 0 Å². The number of anilines is 1. The lowest BCUT2D eigenvalue weighted by Gasteiger charge is -2.26. The number of amides is 1. The maximum atomic E-state index is 12.4. The molecule has 37 heavy (non-hydrogen) atoms. The van der Waals surface area contributed by atoms with Crippen molar-refractivity contribution in [3.8, 4) is 22.6 Å².